The monoisotopic (exact) mass is 265 g/mol. The molecule has 3 aromatic rings. The molecule has 0 aliphatic carbocycles. The molecule has 3 rings (SSSR count). The summed E-state index contributed by atoms with van der Waals surface area (Å²) in [6.45, 7) is 3.86. The molecule has 0 bridgehead atoms. The zero-order chi connectivity index (χ0) is 14.1. The molecule has 0 fully saturated rings. The molecule has 0 radical (unpaired) electrons. The molecule has 0 spiro atoms. The van der Waals surface area contributed by atoms with Crippen LogP contribution in [0.5, 0.6) is 0 Å². The van der Waals surface area contributed by atoms with Crippen LogP contribution in [0.1, 0.15) is 11.5 Å². The van der Waals surface area contributed by atoms with Crippen LogP contribution < -0.4 is 5.73 Å². The van der Waals surface area contributed by atoms with Crippen molar-refractivity contribution >= 4 is 5.69 Å². The van der Waals surface area contributed by atoms with E-state index in [4.69, 9.17) is 10.2 Å². The molecule has 2 N–H and O–H groups in total. The Morgan fingerprint density at radius 2 is 1.70 bits per heavy atom. The van der Waals surface area contributed by atoms with Crippen LogP contribution in [0.2, 0.25) is 0 Å². The normalized spacial score (nSPS) is 10.7. The average molecular weight is 265 g/mol. The third kappa shape index (κ3) is 2.40. The second kappa shape index (κ2) is 4.81. The maximum atomic E-state index is 5.70. The largest absolute Gasteiger partial charge is 0.460 e. The van der Waals surface area contributed by atoms with Gasteiger partial charge in [0.1, 0.15) is 11.5 Å². The number of aryl methyl sites for hydroxylation is 2. The van der Waals surface area contributed by atoms with Crippen LogP contribution in [-0.2, 0) is 0 Å². The zero-order valence-electron chi connectivity index (χ0n) is 11.4. The first kappa shape index (κ1) is 12.4. The summed E-state index contributed by atoms with van der Waals surface area (Å²) in [4.78, 5) is 9.04. The van der Waals surface area contributed by atoms with E-state index in [2.05, 4.69) is 9.97 Å². The van der Waals surface area contributed by atoms with Gasteiger partial charge in [0.2, 0.25) is 0 Å². The summed E-state index contributed by atoms with van der Waals surface area (Å²) in [6.07, 6.45) is 0. The van der Waals surface area contributed by atoms with Gasteiger partial charge < -0.3 is 10.2 Å². The minimum atomic E-state index is 0.675. The molecule has 0 saturated carbocycles. The highest BCUT2D eigenvalue weighted by Gasteiger charge is 2.09. The Balaban J connectivity index is 2.09. The van der Waals surface area contributed by atoms with E-state index in [-0.39, 0.29) is 0 Å². The Morgan fingerprint density at radius 3 is 2.35 bits per heavy atom. The van der Waals surface area contributed by atoms with Crippen molar-refractivity contribution in [3.8, 4) is 22.8 Å². The molecule has 100 valence electrons. The lowest BCUT2D eigenvalue weighted by Crippen LogP contribution is -1.95. The van der Waals surface area contributed by atoms with Gasteiger partial charge in [-0.15, -0.1) is 0 Å². The molecule has 0 amide bonds. The second-order valence-corrected chi connectivity index (χ2v) is 4.75. The molecule has 0 atom stereocenters. The molecule has 0 unspecified atom stereocenters. The fraction of sp³-hybridized carbons (Fsp3) is 0.125. The summed E-state index contributed by atoms with van der Waals surface area (Å²) in [5.74, 6) is 2.30. The number of rotatable bonds is 2. The Morgan fingerprint density at radius 1 is 0.950 bits per heavy atom. The van der Waals surface area contributed by atoms with Crippen molar-refractivity contribution in [2.75, 3.05) is 5.73 Å². The number of anilines is 1. The lowest BCUT2D eigenvalue weighted by molar-refractivity contribution is 0.546. The predicted molar refractivity (Wildman–Crippen MR) is 79.1 cm³/mol. The SMILES string of the molecule is Cc1cc(-c2ccc(C)o2)nc(-c2ccc(N)cc2)n1. The highest BCUT2D eigenvalue weighted by atomic mass is 16.3. The maximum Gasteiger partial charge on any atom is 0.160 e. The number of nitrogens with two attached hydrogens (primary N) is 1. The third-order valence-corrected chi connectivity index (χ3v) is 3.02. The predicted octanol–water partition coefficient (Wildman–Crippen LogP) is 3.60. The first-order valence-corrected chi connectivity index (χ1v) is 6.40. The molecule has 4 heteroatoms. The van der Waals surface area contributed by atoms with Gasteiger partial charge in [-0.3, -0.25) is 0 Å². The lowest BCUT2D eigenvalue weighted by atomic mass is 10.2. The summed E-state index contributed by atoms with van der Waals surface area (Å²) in [5, 5.41) is 0. The molecule has 1 aromatic carbocycles. The van der Waals surface area contributed by atoms with Crippen molar-refractivity contribution in [2.45, 2.75) is 13.8 Å². The fourth-order valence-electron chi connectivity index (χ4n) is 2.03. The van der Waals surface area contributed by atoms with Crippen LogP contribution in [-0.4, -0.2) is 9.97 Å². The Bertz CT molecular complexity index is 745. The summed E-state index contributed by atoms with van der Waals surface area (Å²) in [5.41, 5.74) is 9.05. The minimum Gasteiger partial charge on any atom is -0.460 e. The standard InChI is InChI=1S/C16H15N3O/c1-10-9-14(15-8-3-11(2)20-15)19-16(18-10)12-4-6-13(17)7-5-12/h3-9H,17H2,1-2H3. The van der Waals surface area contributed by atoms with Gasteiger partial charge in [0.05, 0.1) is 0 Å². The highest BCUT2D eigenvalue weighted by Crippen LogP contribution is 2.24. The van der Waals surface area contributed by atoms with E-state index in [1.807, 2.05) is 56.3 Å². The van der Waals surface area contributed by atoms with Crippen molar-refractivity contribution in [1.82, 2.24) is 9.97 Å². The lowest BCUT2D eigenvalue weighted by Gasteiger charge is -2.05. The van der Waals surface area contributed by atoms with E-state index in [9.17, 15) is 0 Å². The topological polar surface area (TPSA) is 64.9 Å². The van der Waals surface area contributed by atoms with Gasteiger partial charge in [-0.25, -0.2) is 9.97 Å². The zero-order valence-corrected chi connectivity index (χ0v) is 11.4. The summed E-state index contributed by atoms with van der Waals surface area (Å²) in [6, 6.07) is 13.3. The van der Waals surface area contributed by atoms with Crippen molar-refractivity contribution in [1.29, 1.82) is 0 Å². The van der Waals surface area contributed by atoms with Crippen molar-refractivity contribution in [2.24, 2.45) is 0 Å². The number of benzene rings is 1. The van der Waals surface area contributed by atoms with Crippen LogP contribution in [0.3, 0.4) is 0 Å². The highest BCUT2D eigenvalue weighted by molar-refractivity contribution is 5.62. The van der Waals surface area contributed by atoms with E-state index in [0.29, 0.717) is 5.82 Å². The fourth-order valence-corrected chi connectivity index (χ4v) is 2.03. The molecule has 0 aliphatic rings. The Labute approximate surface area is 117 Å². The molecular formula is C16H15N3O. The van der Waals surface area contributed by atoms with Crippen molar-refractivity contribution in [3.63, 3.8) is 0 Å². The first-order valence-electron chi connectivity index (χ1n) is 6.40. The number of hydrogen-bond acceptors (Lipinski definition) is 4. The quantitative estimate of drug-likeness (QED) is 0.719. The number of nitrogens with zero attached hydrogens (tertiary/aromatic N) is 2. The second-order valence-electron chi connectivity index (χ2n) is 4.75. The number of hydrogen-bond donors (Lipinski definition) is 1. The van der Waals surface area contributed by atoms with E-state index in [1.165, 1.54) is 0 Å². The first-order chi connectivity index (χ1) is 9.61. The Kier molecular flexibility index (Phi) is 2.99. The van der Waals surface area contributed by atoms with Gasteiger partial charge >= 0.3 is 0 Å². The van der Waals surface area contributed by atoms with Crippen LogP contribution in [0.4, 0.5) is 5.69 Å². The summed E-state index contributed by atoms with van der Waals surface area (Å²) in [7, 11) is 0. The smallest absolute Gasteiger partial charge is 0.160 e. The van der Waals surface area contributed by atoms with Crippen molar-refractivity contribution in [3.05, 3.63) is 53.9 Å². The molecule has 2 heterocycles. The van der Waals surface area contributed by atoms with E-state index < -0.39 is 0 Å². The van der Waals surface area contributed by atoms with Gasteiger partial charge in [0, 0.05) is 16.9 Å². The van der Waals surface area contributed by atoms with E-state index in [0.717, 1.165) is 34.2 Å². The Hall–Kier alpha value is -2.62. The minimum absolute atomic E-state index is 0.675. The summed E-state index contributed by atoms with van der Waals surface area (Å²) < 4.78 is 5.62. The molecule has 20 heavy (non-hydrogen) atoms. The van der Waals surface area contributed by atoms with Crippen LogP contribution in [0.25, 0.3) is 22.8 Å². The molecule has 0 saturated heterocycles. The molecule has 4 nitrogen and oxygen atoms in total. The third-order valence-electron chi connectivity index (χ3n) is 3.02. The van der Waals surface area contributed by atoms with Crippen molar-refractivity contribution < 1.29 is 4.42 Å². The number of aromatic nitrogens is 2. The van der Waals surface area contributed by atoms with Crippen LogP contribution in [0, 0.1) is 13.8 Å². The molecule has 0 aliphatic heterocycles. The maximum absolute atomic E-state index is 5.70. The summed E-state index contributed by atoms with van der Waals surface area (Å²) >= 11 is 0. The van der Waals surface area contributed by atoms with Gasteiger partial charge in [0.15, 0.2) is 11.6 Å². The molecule has 2 aromatic heterocycles. The van der Waals surface area contributed by atoms with E-state index >= 15 is 0 Å². The average Bonchev–Trinajstić information content (AvgIpc) is 2.85. The van der Waals surface area contributed by atoms with Gasteiger partial charge in [-0.05, 0) is 56.3 Å². The molecular weight excluding hydrogens is 250 g/mol. The van der Waals surface area contributed by atoms with Gasteiger partial charge in [-0.2, -0.15) is 0 Å². The van der Waals surface area contributed by atoms with Crippen LogP contribution >= 0.6 is 0 Å². The van der Waals surface area contributed by atoms with E-state index in [1.54, 1.807) is 0 Å². The number of furan rings is 1. The number of nitrogen functional groups attached to an aromatic ring is 1. The van der Waals surface area contributed by atoms with Gasteiger partial charge in [-0.1, -0.05) is 0 Å². The van der Waals surface area contributed by atoms with Gasteiger partial charge in [0.25, 0.3) is 0 Å². The van der Waals surface area contributed by atoms with Crippen LogP contribution in [0.15, 0.2) is 46.9 Å².